The van der Waals surface area contributed by atoms with Crippen molar-refractivity contribution in [2.45, 2.75) is 125 Å². The zero-order chi connectivity index (χ0) is 81.3. The number of aromatic nitrogens is 3. The lowest BCUT2D eigenvalue weighted by atomic mass is 9.98. The number of aliphatic carboxylic acids is 1. The number of hydrogen-bond donors (Lipinski definition) is 21. The first kappa shape index (κ1) is 82.0. The SMILES string of the molecule is N=C(N)NCCC[C@H](NC(=O)[C@H](Cc1c[nH]c2ccccc12)NC(=O)[C@H](Cc1c[nH]c2ccccc12)NC(=O)[C@H](Cc1c[nH]c2ccccc12)NC(=O)[C@H](CCCNC(=N)N)NC(=O)[C@H](CCCNC(=N)N)NC(=O)[C@H](Cc1ccccc1)NC(=O)OCC1c2ccccc2-c2ccccc21)C(=O)N[C@@H](Cc1ccccc1)C(=O)O. The summed E-state index contributed by atoms with van der Waals surface area (Å²) < 4.78 is 5.92. The van der Waals surface area contributed by atoms with E-state index in [1.54, 1.807) is 97.5 Å². The van der Waals surface area contributed by atoms with Gasteiger partial charge in [0.05, 0.1) is 0 Å². The number of para-hydroxylation sites is 3. The zero-order valence-electron chi connectivity index (χ0n) is 63.1. The highest BCUT2D eigenvalue weighted by molar-refractivity contribution is 6.00. The van der Waals surface area contributed by atoms with Gasteiger partial charge in [0.1, 0.15) is 54.9 Å². The molecule has 0 saturated carbocycles. The first-order chi connectivity index (χ1) is 55.6. The van der Waals surface area contributed by atoms with Crippen LogP contribution in [0.3, 0.4) is 0 Å². The molecule has 0 aliphatic heterocycles. The number of fused-ring (bicyclic) bond motifs is 6. The van der Waals surface area contributed by atoms with Gasteiger partial charge in [0, 0.05) is 109 Å². The number of guanidine groups is 3. The van der Waals surface area contributed by atoms with Crippen LogP contribution in [-0.2, 0) is 75.2 Å². The van der Waals surface area contributed by atoms with Crippen molar-refractivity contribution in [1.82, 2.24) is 73.4 Å². The van der Waals surface area contributed by atoms with Crippen molar-refractivity contribution < 1.29 is 53.0 Å². The van der Waals surface area contributed by atoms with Gasteiger partial charge in [0.2, 0.25) is 41.4 Å². The number of hydrogen-bond acceptors (Lipinski definition) is 13. The molecule has 7 aromatic carbocycles. The van der Waals surface area contributed by atoms with Crippen molar-refractivity contribution in [2.24, 2.45) is 17.2 Å². The Balaban J connectivity index is 0.886. The average Bonchev–Trinajstić information content (AvgIpc) is 1.61. The highest BCUT2D eigenvalue weighted by Crippen LogP contribution is 2.44. The van der Waals surface area contributed by atoms with Gasteiger partial charge in [0.25, 0.3) is 0 Å². The Bertz CT molecular complexity index is 5080. The van der Waals surface area contributed by atoms with Gasteiger partial charge in [0.15, 0.2) is 17.9 Å². The molecule has 3 aromatic heterocycles. The van der Waals surface area contributed by atoms with Gasteiger partial charge in [-0.1, -0.05) is 164 Å². The van der Waals surface area contributed by atoms with Crippen molar-refractivity contribution in [3.8, 4) is 11.1 Å². The van der Waals surface area contributed by atoms with E-state index in [2.05, 4.69) is 73.4 Å². The number of nitrogens with one attached hydrogen (secondary N) is 17. The molecule has 598 valence electrons. The van der Waals surface area contributed by atoms with Gasteiger partial charge in [-0.2, -0.15) is 0 Å². The minimum Gasteiger partial charge on any atom is -0.480 e. The third-order valence-electron chi connectivity index (χ3n) is 20.2. The molecular weight excluding hydrogens is 1470 g/mol. The van der Waals surface area contributed by atoms with E-state index in [0.29, 0.717) is 60.5 Å². The smallest absolute Gasteiger partial charge is 0.407 e. The third-order valence-corrected chi connectivity index (χ3v) is 20.2. The van der Waals surface area contributed by atoms with Crippen molar-refractivity contribution in [3.05, 3.63) is 240 Å². The molecule has 1 aliphatic carbocycles. The van der Waals surface area contributed by atoms with Crippen LogP contribution in [0, 0.1) is 16.2 Å². The Morgan fingerprint density at radius 2 is 0.643 bits per heavy atom. The van der Waals surface area contributed by atoms with E-state index < -0.39 is 102 Å². The molecule has 3 heterocycles. The normalized spacial score (nSPS) is 13.6. The summed E-state index contributed by atoms with van der Waals surface area (Å²) in [5.41, 5.74) is 26.0. The number of carbonyl (C=O) groups excluding carboxylic acids is 8. The van der Waals surface area contributed by atoms with E-state index in [1.165, 1.54) is 0 Å². The van der Waals surface area contributed by atoms with Crippen LogP contribution in [-0.4, -0.2) is 166 Å². The third kappa shape index (κ3) is 22.6. The monoisotopic (exact) mass is 1560 g/mol. The number of alkyl carbamates (subject to hydrolysis) is 1. The molecule has 0 radical (unpaired) electrons. The molecule has 0 unspecified atom stereocenters. The van der Waals surface area contributed by atoms with Crippen LogP contribution >= 0.6 is 0 Å². The molecule has 0 bridgehead atoms. The minimum absolute atomic E-state index is 0.0458. The van der Waals surface area contributed by atoms with Gasteiger partial charge in [-0.3, -0.25) is 49.8 Å². The maximum absolute atomic E-state index is 15.8. The molecule has 31 nitrogen and oxygen atoms in total. The maximum Gasteiger partial charge on any atom is 0.407 e. The maximum atomic E-state index is 15.8. The van der Waals surface area contributed by atoms with Gasteiger partial charge in [-0.05, 0) is 107 Å². The molecule has 8 atom stereocenters. The number of rotatable bonds is 40. The second kappa shape index (κ2) is 39.8. The highest BCUT2D eigenvalue weighted by Gasteiger charge is 2.38. The number of nitrogens with two attached hydrogens (primary N) is 3. The van der Waals surface area contributed by atoms with Crippen molar-refractivity contribution in [2.75, 3.05) is 26.2 Å². The number of carboxylic acids is 1. The van der Waals surface area contributed by atoms with Crippen molar-refractivity contribution in [1.29, 1.82) is 16.2 Å². The van der Waals surface area contributed by atoms with Crippen molar-refractivity contribution in [3.63, 3.8) is 0 Å². The lowest BCUT2D eigenvalue weighted by Gasteiger charge is -2.28. The molecule has 0 fully saturated rings. The predicted molar refractivity (Wildman–Crippen MR) is 437 cm³/mol. The average molecular weight is 1560 g/mol. The van der Waals surface area contributed by atoms with Crippen LogP contribution in [0.25, 0.3) is 43.8 Å². The Morgan fingerprint density at radius 3 is 0.991 bits per heavy atom. The molecule has 115 heavy (non-hydrogen) atoms. The molecular formula is C84H96N20O11. The highest BCUT2D eigenvalue weighted by atomic mass is 16.5. The van der Waals surface area contributed by atoms with Gasteiger partial charge in [-0.25, -0.2) is 9.59 Å². The Labute approximate surface area is 662 Å². The lowest BCUT2D eigenvalue weighted by Crippen LogP contribution is -2.61. The number of amides is 8. The molecule has 0 saturated heterocycles. The number of carbonyl (C=O) groups is 9. The summed E-state index contributed by atoms with van der Waals surface area (Å²) >= 11 is 0. The standard InChI is InChI=1S/C84H96N20O11/c85-81(86)91-37-17-34-65(98-76(108)68(40-49-20-3-1-4-21-49)104-84(114)115-48-61-59-29-9-7-27-57(59)58-28-8-10-30-60(58)61)73(105)97-66(35-18-38-92-82(87)88)74(106)100-70(43-52-46-95-63-32-15-12-25-55(52)63)78(110)102-71(44-53-47-96-64-33-16-13-26-56(53)64)79(111)101-69(42-51-45-94-62-31-14-11-24-54(51)62)77(109)99-67(36-19-39-93-83(89)90)75(107)103-72(80(112)113)41-50-22-5-2-6-23-50/h1-16,20-33,45-47,61,65-72,94-96H,17-19,34-44,48H2,(H,97,105)(H,98,108)(H,99,109)(H,100,106)(H,101,111)(H,102,110)(H,103,107)(H,104,114)(H,112,113)(H4,85,86,91)(H4,87,88,92)(H4,89,90,93)/t65-,66-,67-,68-,69-,70-,71-,72-/m0/s1. The molecule has 8 amide bonds. The molecule has 31 heteroatoms. The van der Waals surface area contributed by atoms with E-state index >= 15 is 24.0 Å². The number of benzene rings is 7. The number of aromatic amines is 3. The number of carboxylic acid groups (broad SMARTS) is 1. The van der Waals surface area contributed by atoms with Crippen LogP contribution in [0.5, 0.6) is 0 Å². The summed E-state index contributed by atoms with van der Waals surface area (Å²) in [6, 6.07) is 43.2. The van der Waals surface area contributed by atoms with Gasteiger partial charge in [-0.15, -0.1) is 0 Å². The molecule has 10 aromatic rings. The summed E-state index contributed by atoms with van der Waals surface area (Å²) in [6.45, 7) is 0.153. The van der Waals surface area contributed by atoms with Gasteiger partial charge < -0.3 is 100 Å². The van der Waals surface area contributed by atoms with Crippen LogP contribution in [0.4, 0.5) is 4.79 Å². The predicted octanol–water partition coefficient (Wildman–Crippen LogP) is 4.82. The first-order valence-corrected chi connectivity index (χ1v) is 38.1. The Hall–Kier alpha value is -14.0. The van der Waals surface area contributed by atoms with E-state index in [4.69, 9.17) is 38.2 Å². The minimum atomic E-state index is -1.56. The summed E-state index contributed by atoms with van der Waals surface area (Å²) in [6.07, 6.45) is 3.39. The van der Waals surface area contributed by atoms with Gasteiger partial charge >= 0.3 is 12.1 Å². The second-order valence-corrected chi connectivity index (χ2v) is 28.3. The van der Waals surface area contributed by atoms with E-state index in [0.717, 1.165) is 22.3 Å². The fourth-order valence-corrected chi connectivity index (χ4v) is 14.4. The topological polar surface area (TPSA) is 512 Å². The summed E-state index contributed by atoms with van der Waals surface area (Å²) in [4.78, 5) is 144. The van der Waals surface area contributed by atoms with Crippen LogP contribution in [0.15, 0.2) is 201 Å². The largest absolute Gasteiger partial charge is 0.480 e. The second-order valence-electron chi connectivity index (χ2n) is 28.3. The van der Waals surface area contributed by atoms with Crippen LogP contribution in [0.2, 0.25) is 0 Å². The quantitative estimate of drug-likeness (QED) is 0.0139. The molecule has 0 spiro atoms. The lowest BCUT2D eigenvalue weighted by molar-refractivity contribution is -0.142. The molecule has 24 N–H and O–H groups in total. The fraction of sp³-hybridized carbons (Fsp3) is 0.286. The van der Waals surface area contributed by atoms with Crippen LogP contribution in [0.1, 0.15) is 83.4 Å². The van der Waals surface area contributed by atoms with Crippen LogP contribution < -0.4 is 75.7 Å². The van der Waals surface area contributed by atoms with Crippen molar-refractivity contribution >= 4 is 104 Å². The number of H-pyrrole nitrogens is 3. The molecule has 11 rings (SSSR count). The Morgan fingerprint density at radius 1 is 0.357 bits per heavy atom. The van der Waals surface area contributed by atoms with E-state index in [-0.39, 0.29) is 121 Å². The fourth-order valence-electron chi connectivity index (χ4n) is 14.4. The summed E-state index contributed by atoms with van der Waals surface area (Å²) in [5, 5.41) is 66.6. The summed E-state index contributed by atoms with van der Waals surface area (Å²) in [5.74, 6) is -8.75. The molecule has 1 aliphatic rings. The Kier molecular flexibility index (Phi) is 28.3. The zero-order valence-corrected chi connectivity index (χ0v) is 63.1. The van der Waals surface area contributed by atoms with E-state index in [9.17, 15) is 24.3 Å². The first-order valence-electron chi connectivity index (χ1n) is 38.1. The number of ether oxygens (including phenoxy) is 1. The van der Waals surface area contributed by atoms with E-state index in [1.807, 2.05) is 103 Å². The summed E-state index contributed by atoms with van der Waals surface area (Å²) in [7, 11) is 0.